The van der Waals surface area contributed by atoms with E-state index in [0.717, 1.165) is 12.8 Å². The lowest BCUT2D eigenvalue weighted by atomic mass is 10.1. The van der Waals surface area contributed by atoms with Gasteiger partial charge in [0, 0.05) is 31.2 Å². The van der Waals surface area contributed by atoms with Gasteiger partial charge in [0.1, 0.15) is 0 Å². The largest absolute Gasteiger partial charge is 0.465 e. The maximum Gasteiger partial charge on any atom is 0.337 e. The Morgan fingerprint density at radius 3 is 2.14 bits per heavy atom. The fourth-order valence-electron chi connectivity index (χ4n) is 2.73. The predicted molar refractivity (Wildman–Crippen MR) is 106 cm³/mol. The number of anilines is 1. The van der Waals surface area contributed by atoms with Crippen LogP contribution in [0, 0.1) is 0 Å². The lowest BCUT2D eigenvalue weighted by Crippen LogP contribution is -2.32. The van der Waals surface area contributed by atoms with Gasteiger partial charge < -0.3 is 15.0 Å². The summed E-state index contributed by atoms with van der Waals surface area (Å²) < 4.78 is 4.65. The van der Waals surface area contributed by atoms with Crippen LogP contribution in [0.1, 0.15) is 57.8 Å². The third kappa shape index (κ3) is 5.39. The van der Waals surface area contributed by atoms with E-state index in [2.05, 4.69) is 15.0 Å². The SMILES string of the molecule is CCCN(CCC)C(=O)c1cncc(C(=O)Nc2ccc(C(=O)OC)cc2)c1. The van der Waals surface area contributed by atoms with Crippen LogP contribution in [0.15, 0.2) is 42.7 Å². The molecule has 0 spiro atoms. The molecular weight excluding hydrogens is 358 g/mol. The first-order valence-corrected chi connectivity index (χ1v) is 9.24. The normalized spacial score (nSPS) is 10.2. The quantitative estimate of drug-likeness (QED) is 0.706. The molecule has 1 aromatic carbocycles. The topological polar surface area (TPSA) is 88.6 Å². The van der Waals surface area contributed by atoms with E-state index in [-0.39, 0.29) is 17.4 Å². The molecule has 0 saturated heterocycles. The van der Waals surface area contributed by atoms with Gasteiger partial charge in [-0.2, -0.15) is 0 Å². The second-order valence-corrected chi connectivity index (χ2v) is 6.28. The minimum Gasteiger partial charge on any atom is -0.465 e. The van der Waals surface area contributed by atoms with Crippen LogP contribution < -0.4 is 5.32 Å². The van der Waals surface area contributed by atoms with Crippen molar-refractivity contribution in [3.05, 3.63) is 59.4 Å². The Bertz CT molecular complexity index is 828. The first-order valence-electron chi connectivity index (χ1n) is 9.24. The van der Waals surface area contributed by atoms with Crippen LogP contribution in [-0.4, -0.2) is 47.9 Å². The Kier molecular flexibility index (Phi) is 7.68. The molecule has 2 aromatic rings. The molecule has 1 heterocycles. The van der Waals surface area contributed by atoms with Gasteiger partial charge in [-0.3, -0.25) is 14.6 Å². The molecule has 1 aromatic heterocycles. The molecule has 0 aliphatic heterocycles. The van der Waals surface area contributed by atoms with Gasteiger partial charge in [0.15, 0.2) is 0 Å². The third-order valence-electron chi connectivity index (χ3n) is 4.09. The number of amides is 2. The van der Waals surface area contributed by atoms with E-state index in [9.17, 15) is 14.4 Å². The van der Waals surface area contributed by atoms with Gasteiger partial charge in [0.25, 0.3) is 11.8 Å². The molecular formula is C21H25N3O4. The van der Waals surface area contributed by atoms with Gasteiger partial charge in [-0.05, 0) is 43.2 Å². The standard InChI is InChI=1S/C21H25N3O4/c1-4-10-24(11-5-2)20(26)17-12-16(13-22-14-17)19(25)23-18-8-6-15(7-9-18)21(27)28-3/h6-9,12-14H,4-5,10-11H2,1-3H3,(H,23,25). The lowest BCUT2D eigenvalue weighted by molar-refractivity contribution is 0.0600. The van der Waals surface area contributed by atoms with Crippen molar-refractivity contribution in [2.24, 2.45) is 0 Å². The van der Waals surface area contributed by atoms with E-state index < -0.39 is 5.97 Å². The molecule has 2 amide bonds. The summed E-state index contributed by atoms with van der Waals surface area (Å²) in [6.45, 7) is 5.36. The zero-order valence-corrected chi connectivity index (χ0v) is 16.4. The van der Waals surface area contributed by atoms with Crippen molar-refractivity contribution >= 4 is 23.5 Å². The molecule has 0 bridgehead atoms. The molecule has 148 valence electrons. The highest BCUT2D eigenvalue weighted by Crippen LogP contribution is 2.13. The number of hydrogen-bond acceptors (Lipinski definition) is 5. The maximum absolute atomic E-state index is 12.7. The molecule has 0 aliphatic rings. The molecule has 7 heteroatoms. The third-order valence-corrected chi connectivity index (χ3v) is 4.09. The van der Waals surface area contributed by atoms with Gasteiger partial charge in [0.2, 0.25) is 0 Å². The number of hydrogen-bond donors (Lipinski definition) is 1. The van der Waals surface area contributed by atoms with Gasteiger partial charge >= 0.3 is 5.97 Å². The summed E-state index contributed by atoms with van der Waals surface area (Å²) in [6.07, 6.45) is 4.61. The van der Waals surface area contributed by atoms with Crippen LogP contribution >= 0.6 is 0 Å². The number of methoxy groups -OCH3 is 1. The van der Waals surface area contributed by atoms with Crippen molar-refractivity contribution in [2.45, 2.75) is 26.7 Å². The minimum absolute atomic E-state index is 0.131. The van der Waals surface area contributed by atoms with E-state index in [0.29, 0.717) is 29.9 Å². The summed E-state index contributed by atoms with van der Waals surface area (Å²) >= 11 is 0. The molecule has 1 N–H and O–H groups in total. The van der Waals surface area contributed by atoms with Crippen molar-refractivity contribution in [1.29, 1.82) is 0 Å². The van der Waals surface area contributed by atoms with E-state index in [1.54, 1.807) is 35.2 Å². The molecule has 0 aliphatic carbocycles. The summed E-state index contributed by atoms with van der Waals surface area (Å²) in [5.41, 5.74) is 1.58. The molecule has 0 radical (unpaired) electrons. The fourth-order valence-corrected chi connectivity index (χ4v) is 2.73. The Balaban J connectivity index is 2.13. The molecule has 0 fully saturated rings. The Labute approximate surface area is 164 Å². The van der Waals surface area contributed by atoms with Gasteiger partial charge in [0.05, 0.1) is 23.8 Å². The van der Waals surface area contributed by atoms with Crippen LogP contribution in [-0.2, 0) is 4.74 Å². The van der Waals surface area contributed by atoms with Crippen molar-refractivity contribution in [2.75, 3.05) is 25.5 Å². The number of ether oxygens (including phenoxy) is 1. The highest BCUT2D eigenvalue weighted by molar-refractivity contribution is 6.06. The Hall–Kier alpha value is -3.22. The zero-order valence-electron chi connectivity index (χ0n) is 16.4. The van der Waals surface area contributed by atoms with E-state index >= 15 is 0 Å². The van der Waals surface area contributed by atoms with Gasteiger partial charge in [-0.25, -0.2) is 4.79 Å². The molecule has 0 atom stereocenters. The monoisotopic (exact) mass is 383 g/mol. The molecule has 0 unspecified atom stereocenters. The first kappa shape index (κ1) is 21.1. The number of aromatic nitrogens is 1. The van der Waals surface area contributed by atoms with Crippen molar-refractivity contribution < 1.29 is 19.1 Å². The summed E-state index contributed by atoms with van der Waals surface area (Å²) in [4.78, 5) is 42.5. The summed E-state index contributed by atoms with van der Waals surface area (Å²) in [7, 11) is 1.31. The van der Waals surface area contributed by atoms with E-state index in [1.807, 2.05) is 13.8 Å². The average Bonchev–Trinajstić information content (AvgIpc) is 2.73. The lowest BCUT2D eigenvalue weighted by Gasteiger charge is -2.21. The maximum atomic E-state index is 12.7. The summed E-state index contributed by atoms with van der Waals surface area (Å²) in [5.74, 6) is -0.962. The zero-order chi connectivity index (χ0) is 20.5. The van der Waals surface area contributed by atoms with E-state index in [4.69, 9.17) is 0 Å². The van der Waals surface area contributed by atoms with Crippen LogP contribution in [0.2, 0.25) is 0 Å². The second kappa shape index (κ2) is 10.2. The smallest absolute Gasteiger partial charge is 0.337 e. The number of benzene rings is 1. The molecule has 28 heavy (non-hydrogen) atoms. The Morgan fingerprint density at radius 1 is 0.964 bits per heavy atom. The number of rotatable bonds is 8. The first-order chi connectivity index (χ1) is 13.5. The van der Waals surface area contributed by atoms with Crippen molar-refractivity contribution in [3.8, 4) is 0 Å². The van der Waals surface area contributed by atoms with Crippen LogP contribution in [0.3, 0.4) is 0 Å². The van der Waals surface area contributed by atoms with E-state index in [1.165, 1.54) is 19.5 Å². The van der Waals surface area contributed by atoms with Crippen LogP contribution in [0.25, 0.3) is 0 Å². The van der Waals surface area contributed by atoms with Gasteiger partial charge in [-0.15, -0.1) is 0 Å². The average molecular weight is 383 g/mol. The number of nitrogens with one attached hydrogen (secondary N) is 1. The molecule has 2 rings (SSSR count). The molecule has 7 nitrogen and oxygen atoms in total. The fraction of sp³-hybridized carbons (Fsp3) is 0.333. The number of carbonyl (C=O) groups is 3. The highest BCUT2D eigenvalue weighted by atomic mass is 16.5. The van der Waals surface area contributed by atoms with Gasteiger partial charge in [-0.1, -0.05) is 13.8 Å². The highest BCUT2D eigenvalue weighted by Gasteiger charge is 2.17. The van der Waals surface area contributed by atoms with Crippen LogP contribution in [0.5, 0.6) is 0 Å². The van der Waals surface area contributed by atoms with Crippen molar-refractivity contribution in [1.82, 2.24) is 9.88 Å². The second-order valence-electron chi connectivity index (χ2n) is 6.28. The van der Waals surface area contributed by atoms with Crippen molar-refractivity contribution in [3.63, 3.8) is 0 Å². The number of esters is 1. The predicted octanol–water partition coefficient (Wildman–Crippen LogP) is 3.38. The minimum atomic E-state index is -0.447. The van der Waals surface area contributed by atoms with Crippen LogP contribution in [0.4, 0.5) is 5.69 Å². The summed E-state index contributed by atoms with van der Waals surface area (Å²) in [6, 6.07) is 7.89. The summed E-state index contributed by atoms with van der Waals surface area (Å²) in [5, 5.41) is 2.73. The number of carbonyl (C=O) groups excluding carboxylic acids is 3. The number of pyridine rings is 1. The molecule has 0 saturated carbocycles. The number of nitrogens with zero attached hydrogens (tertiary/aromatic N) is 2. The Morgan fingerprint density at radius 2 is 1.57 bits per heavy atom.